The van der Waals surface area contributed by atoms with E-state index in [0.29, 0.717) is 34.6 Å². The summed E-state index contributed by atoms with van der Waals surface area (Å²) in [7, 11) is 0. The molecule has 2 saturated carbocycles. The van der Waals surface area contributed by atoms with Crippen molar-refractivity contribution < 1.29 is 23.5 Å². The Morgan fingerprint density at radius 3 is 2.80 bits per heavy atom. The Bertz CT molecular complexity index is 1510. The van der Waals surface area contributed by atoms with E-state index in [1.807, 2.05) is 39.0 Å². The molecule has 210 valence electrons. The number of aromatic nitrogens is 4. The van der Waals surface area contributed by atoms with E-state index in [2.05, 4.69) is 20.3 Å². The van der Waals surface area contributed by atoms with Crippen LogP contribution in [0.15, 0.2) is 36.8 Å². The highest BCUT2D eigenvalue weighted by molar-refractivity contribution is 5.95. The molecule has 3 aromatic rings. The summed E-state index contributed by atoms with van der Waals surface area (Å²) in [5.41, 5.74) is 1.05. The molecule has 1 amide bonds. The molecule has 4 heterocycles. The second kappa shape index (κ2) is 9.57. The third-order valence-corrected chi connectivity index (χ3v) is 7.63. The molecule has 0 spiro atoms. The zero-order chi connectivity index (χ0) is 28.2. The van der Waals surface area contributed by atoms with Gasteiger partial charge < -0.3 is 19.7 Å². The van der Waals surface area contributed by atoms with Crippen molar-refractivity contribution in [1.29, 1.82) is 0 Å². The van der Waals surface area contributed by atoms with Gasteiger partial charge in [0.15, 0.2) is 5.65 Å². The van der Waals surface area contributed by atoms with Gasteiger partial charge in [0.05, 0.1) is 36.3 Å². The zero-order valence-electron chi connectivity index (χ0n) is 23.1. The van der Waals surface area contributed by atoms with E-state index >= 15 is 0 Å². The van der Waals surface area contributed by atoms with Crippen molar-refractivity contribution in [1.82, 2.24) is 24.9 Å². The van der Waals surface area contributed by atoms with Crippen LogP contribution in [0.4, 0.5) is 15.0 Å². The number of piperidine rings is 1. The number of carbonyl (C=O) groups is 2. The van der Waals surface area contributed by atoms with Gasteiger partial charge in [0, 0.05) is 18.3 Å². The molecule has 0 bridgehead atoms. The van der Waals surface area contributed by atoms with E-state index in [0.717, 1.165) is 31.4 Å². The third-order valence-electron chi connectivity index (χ3n) is 7.63. The summed E-state index contributed by atoms with van der Waals surface area (Å²) in [5, 5.41) is 7.20. The number of halogens is 1. The van der Waals surface area contributed by atoms with Crippen molar-refractivity contribution in [2.75, 3.05) is 18.1 Å². The van der Waals surface area contributed by atoms with Gasteiger partial charge in [-0.25, -0.2) is 23.5 Å². The smallest absolute Gasteiger partial charge is 0.408 e. The maximum atomic E-state index is 14.6. The lowest BCUT2D eigenvalue weighted by molar-refractivity contribution is 0.0504. The molecule has 6 rings (SSSR count). The van der Waals surface area contributed by atoms with E-state index in [-0.39, 0.29) is 12.6 Å². The molecule has 11 heteroatoms. The third kappa shape index (κ3) is 5.12. The molecule has 1 aliphatic heterocycles. The van der Waals surface area contributed by atoms with Crippen molar-refractivity contribution >= 4 is 29.6 Å². The molecule has 2 aliphatic carbocycles. The molecular weight excluding hydrogens is 515 g/mol. The maximum Gasteiger partial charge on any atom is 0.408 e. The van der Waals surface area contributed by atoms with E-state index in [9.17, 15) is 14.0 Å². The number of anilines is 1. The molecule has 1 saturated heterocycles. The first-order valence-corrected chi connectivity index (χ1v) is 13.7. The fourth-order valence-electron chi connectivity index (χ4n) is 5.53. The maximum absolute atomic E-state index is 14.6. The lowest BCUT2D eigenvalue weighted by atomic mass is 9.99. The highest BCUT2D eigenvalue weighted by Crippen LogP contribution is 2.57. The van der Waals surface area contributed by atoms with Gasteiger partial charge in [0.2, 0.25) is 0 Å². The number of esters is 1. The van der Waals surface area contributed by atoms with Crippen molar-refractivity contribution in [3.63, 3.8) is 0 Å². The molecule has 10 nitrogen and oxygen atoms in total. The molecule has 3 fully saturated rings. The van der Waals surface area contributed by atoms with Crippen LogP contribution >= 0.6 is 0 Å². The van der Waals surface area contributed by atoms with Gasteiger partial charge in [-0.05, 0) is 77.0 Å². The minimum absolute atomic E-state index is 0.134. The van der Waals surface area contributed by atoms with Gasteiger partial charge >= 0.3 is 12.1 Å². The number of nitrogens with one attached hydrogen (secondary N) is 1. The molecule has 0 unspecified atom stereocenters. The summed E-state index contributed by atoms with van der Waals surface area (Å²) in [6.45, 7) is 8.25. The minimum atomic E-state index is -0.590. The van der Waals surface area contributed by atoms with Crippen LogP contribution in [-0.4, -0.2) is 55.9 Å². The van der Waals surface area contributed by atoms with E-state index in [1.165, 1.54) is 12.4 Å². The standard InChI is InChI=1S/C29H33FN6O4/c1-5-39-26(37)21-15-32-36-11-7-23(33-25(21)36)35-16-17-12-19(17)24(35)20-13-18(30)14-31-22(20)6-8-29(9-10-29)34-27(38)40-28(2,3)4/h6-8,11,13-15,17,19,24H,5,9-10,12,16H2,1-4H3,(H,34,38)/b8-6+/t17-,19-,24-/m1/s1. The molecule has 0 aromatic carbocycles. The summed E-state index contributed by atoms with van der Waals surface area (Å²) in [6, 6.07) is 3.28. The Morgan fingerprint density at radius 2 is 2.08 bits per heavy atom. The van der Waals surface area contributed by atoms with Gasteiger partial charge in [0.25, 0.3) is 0 Å². The molecule has 3 atom stereocenters. The van der Waals surface area contributed by atoms with Crippen molar-refractivity contribution in [2.24, 2.45) is 11.8 Å². The van der Waals surface area contributed by atoms with Gasteiger partial charge in [-0.3, -0.25) is 4.98 Å². The van der Waals surface area contributed by atoms with Crippen LogP contribution in [0.3, 0.4) is 0 Å². The lowest BCUT2D eigenvalue weighted by Crippen LogP contribution is -2.39. The second-order valence-electron chi connectivity index (χ2n) is 11.8. The first-order valence-electron chi connectivity index (χ1n) is 13.7. The monoisotopic (exact) mass is 548 g/mol. The van der Waals surface area contributed by atoms with Crippen LogP contribution in [0.25, 0.3) is 11.7 Å². The number of fused-ring (bicyclic) bond motifs is 2. The fraction of sp³-hybridized carbons (Fsp3) is 0.483. The molecule has 3 aliphatic rings. The highest BCUT2D eigenvalue weighted by Gasteiger charge is 2.54. The summed E-state index contributed by atoms with van der Waals surface area (Å²) in [4.78, 5) is 36.2. The molecular formula is C29H33FN6O4. The number of hydrogen-bond acceptors (Lipinski definition) is 8. The Balaban J connectivity index is 1.30. The summed E-state index contributed by atoms with van der Waals surface area (Å²) in [5.74, 6) is 0.617. The highest BCUT2D eigenvalue weighted by atomic mass is 19.1. The van der Waals surface area contributed by atoms with Crippen LogP contribution in [0, 0.1) is 17.7 Å². The molecule has 3 aromatic heterocycles. The average molecular weight is 549 g/mol. The SMILES string of the molecule is CCOC(=O)c1cnn2ccc(N3C[C@H]4C[C@H]4[C@@H]3c3cc(F)cnc3/C=C/C3(NC(=O)OC(C)(C)C)CC3)nc12. The predicted octanol–water partition coefficient (Wildman–Crippen LogP) is 4.71. The van der Waals surface area contributed by atoms with E-state index in [4.69, 9.17) is 14.5 Å². The van der Waals surface area contributed by atoms with Crippen LogP contribution in [0.5, 0.6) is 0 Å². The van der Waals surface area contributed by atoms with Gasteiger partial charge in [-0.1, -0.05) is 6.08 Å². The fourth-order valence-corrected chi connectivity index (χ4v) is 5.53. The number of alkyl carbamates (subject to hydrolysis) is 1. The van der Waals surface area contributed by atoms with Gasteiger partial charge in [0.1, 0.15) is 22.8 Å². The lowest BCUT2D eigenvalue weighted by Gasteiger charge is -2.30. The first-order chi connectivity index (χ1) is 19.1. The van der Waals surface area contributed by atoms with Crippen LogP contribution in [0.1, 0.15) is 74.6 Å². The Hall–Kier alpha value is -4.02. The van der Waals surface area contributed by atoms with Crippen LogP contribution in [-0.2, 0) is 9.47 Å². The van der Waals surface area contributed by atoms with Crippen molar-refractivity contribution in [3.05, 3.63) is 59.4 Å². The van der Waals surface area contributed by atoms with Crippen molar-refractivity contribution in [3.8, 4) is 0 Å². The molecule has 0 radical (unpaired) electrons. The largest absolute Gasteiger partial charge is 0.462 e. The molecule has 40 heavy (non-hydrogen) atoms. The number of nitrogens with zero attached hydrogens (tertiary/aromatic N) is 5. The number of pyridine rings is 1. The number of carbonyl (C=O) groups excluding carboxylic acids is 2. The minimum Gasteiger partial charge on any atom is -0.462 e. The Labute approximate surface area is 231 Å². The van der Waals surface area contributed by atoms with Gasteiger partial charge in [-0.15, -0.1) is 0 Å². The predicted molar refractivity (Wildman–Crippen MR) is 145 cm³/mol. The van der Waals surface area contributed by atoms with E-state index in [1.54, 1.807) is 23.7 Å². The number of rotatable bonds is 7. The summed E-state index contributed by atoms with van der Waals surface area (Å²) in [6.07, 6.45) is 10.4. The van der Waals surface area contributed by atoms with Crippen LogP contribution in [0.2, 0.25) is 0 Å². The topological polar surface area (TPSA) is 111 Å². The quantitative estimate of drug-likeness (QED) is 0.423. The number of hydrogen-bond donors (Lipinski definition) is 1. The van der Waals surface area contributed by atoms with Crippen LogP contribution < -0.4 is 10.2 Å². The molecule has 1 N–H and O–H groups in total. The Kier molecular flexibility index (Phi) is 6.27. The average Bonchev–Trinajstić information content (AvgIpc) is 3.75. The first kappa shape index (κ1) is 26.2. The van der Waals surface area contributed by atoms with Crippen molar-refractivity contribution in [2.45, 2.75) is 64.1 Å². The number of ether oxygens (including phenoxy) is 2. The normalized spacial score (nSPS) is 22.8. The summed E-state index contributed by atoms with van der Waals surface area (Å²) >= 11 is 0. The van der Waals surface area contributed by atoms with E-state index < -0.39 is 29.0 Å². The van der Waals surface area contributed by atoms with Gasteiger partial charge in [-0.2, -0.15) is 5.10 Å². The Morgan fingerprint density at radius 1 is 1.27 bits per heavy atom. The zero-order valence-corrected chi connectivity index (χ0v) is 23.1. The number of amides is 1. The summed E-state index contributed by atoms with van der Waals surface area (Å²) < 4.78 is 26.8. The second-order valence-corrected chi connectivity index (χ2v) is 11.8.